The Bertz CT molecular complexity index is 2360. The number of carbonyl (C=O) groups is 4. The number of carboxylic acid groups (broad SMARTS) is 1. The highest BCUT2D eigenvalue weighted by atomic mass is 35.5. The maximum atomic E-state index is 13.7. The summed E-state index contributed by atoms with van der Waals surface area (Å²) in [4.78, 5) is 60.8. The first-order valence-electron chi connectivity index (χ1n) is 20.4. The molecule has 0 aliphatic carbocycles. The Morgan fingerprint density at radius 2 is 1.27 bits per heavy atom. The third-order valence-electron chi connectivity index (χ3n) is 12.2. The number of hydrogen-bond donors (Lipinski definition) is 4. The molecule has 10 rings (SSSR count). The number of halogens is 4. The average molecular weight is 912 g/mol. The predicted molar refractivity (Wildman–Crippen MR) is 234 cm³/mol. The zero-order valence-corrected chi connectivity index (χ0v) is 36.4. The van der Waals surface area contributed by atoms with Crippen LogP contribution in [0.3, 0.4) is 0 Å². The molecule has 6 aliphatic heterocycles. The van der Waals surface area contributed by atoms with Gasteiger partial charge < -0.3 is 40.3 Å². The van der Waals surface area contributed by atoms with Gasteiger partial charge in [0.1, 0.15) is 36.5 Å². The number of likely N-dealkylation sites (tertiary alicyclic amines) is 1. The van der Waals surface area contributed by atoms with Crippen LogP contribution in [0.15, 0.2) is 73.1 Å². The van der Waals surface area contributed by atoms with E-state index < -0.39 is 17.0 Å². The number of hydrogen-bond acceptors (Lipinski definition) is 11. The summed E-state index contributed by atoms with van der Waals surface area (Å²) in [6, 6.07) is 16.8. The fourth-order valence-electron chi connectivity index (χ4n) is 8.88. The molecule has 4 saturated heterocycles. The number of aromatic nitrogens is 2. The number of carboxylic acids is 1. The number of aromatic carboxylic acids is 1. The van der Waals surface area contributed by atoms with E-state index in [2.05, 4.69) is 25.9 Å². The molecule has 2 aromatic carbocycles. The maximum absolute atomic E-state index is 13.7. The molecule has 3 amide bonds. The molecular weight excluding hydrogens is 861 g/mol. The van der Waals surface area contributed by atoms with E-state index in [4.69, 9.17) is 14.6 Å². The topological polar surface area (TPSA) is 179 Å². The molecule has 63 heavy (non-hydrogen) atoms. The van der Waals surface area contributed by atoms with Crippen LogP contribution in [0.5, 0.6) is 0 Å². The Kier molecular flexibility index (Phi) is 14.3. The van der Waals surface area contributed by atoms with Gasteiger partial charge >= 0.3 is 18.2 Å². The highest BCUT2D eigenvalue weighted by Crippen LogP contribution is 2.40. The van der Waals surface area contributed by atoms with E-state index in [1.54, 1.807) is 34.2 Å². The molecule has 4 fully saturated rings. The van der Waals surface area contributed by atoms with E-state index in [0.29, 0.717) is 63.1 Å². The van der Waals surface area contributed by atoms with Crippen LogP contribution in [0.2, 0.25) is 0 Å². The van der Waals surface area contributed by atoms with E-state index in [1.807, 2.05) is 36.9 Å². The first kappa shape index (κ1) is 46.7. The maximum Gasteiger partial charge on any atom is 0.410 e. The summed E-state index contributed by atoms with van der Waals surface area (Å²) in [6.45, 7) is 9.33. The van der Waals surface area contributed by atoms with Crippen LogP contribution >= 0.6 is 24.8 Å². The zero-order chi connectivity index (χ0) is 42.9. The quantitative estimate of drug-likeness (QED) is 0.172. The van der Waals surface area contributed by atoms with Crippen LogP contribution in [0.1, 0.15) is 69.7 Å². The van der Waals surface area contributed by atoms with Crippen LogP contribution in [0.4, 0.5) is 30.0 Å². The second-order valence-electron chi connectivity index (χ2n) is 16.5. The van der Waals surface area contributed by atoms with E-state index in [9.17, 15) is 28.0 Å². The lowest BCUT2D eigenvalue weighted by atomic mass is 9.89. The molecule has 0 spiro atoms. The summed E-state index contributed by atoms with van der Waals surface area (Å²) in [6.07, 6.45) is 5.47. The summed E-state index contributed by atoms with van der Waals surface area (Å²) in [5.74, 6) is -0.278. The van der Waals surface area contributed by atoms with E-state index >= 15 is 0 Å². The van der Waals surface area contributed by atoms with E-state index in [-0.39, 0.29) is 66.1 Å². The number of nitrogens with one attached hydrogen (secondary N) is 3. The van der Waals surface area contributed by atoms with Crippen LogP contribution in [0, 0.1) is 11.6 Å². The number of cyclic esters (lactones) is 2. The molecule has 0 bridgehead atoms. The summed E-state index contributed by atoms with van der Waals surface area (Å²) >= 11 is 0. The minimum Gasteiger partial charge on any atom is -0.478 e. The number of anilines is 2. The van der Waals surface area contributed by atoms with Crippen molar-refractivity contribution in [2.24, 2.45) is 0 Å². The third-order valence-corrected chi connectivity index (χ3v) is 12.2. The Hall–Kier alpha value is -5.78. The van der Waals surface area contributed by atoms with Gasteiger partial charge in [-0.1, -0.05) is 24.3 Å². The number of ether oxygens (including phenoxy) is 2. The molecule has 4 aromatic rings. The molecule has 8 heterocycles. The lowest BCUT2D eigenvalue weighted by Crippen LogP contribution is -2.39. The Labute approximate surface area is 375 Å². The van der Waals surface area contributed by atoms with Crippen molar-refractivity contribution in [3.8, 4) is 0 Å². The summed E-state index contributed by atoms with van der Waals surface area (Å²) in [5, 5.41) is 18.8. The molecule has 4 atom stereocenters. The van der Waals surface area contributed by atoms with Crippen molar-refractivity contribution < 1.29 is 42.5 Å². The molecular formula is C44H50Cl2F2N8O7. The summed E-state index contributed by atoms with van der Waals surface area (Å²) in [7, 11) is 0. The molecule has 0 unspecified atom stereocenters. The number of rotatable bonds is 6. The van der Waals surface area contributed by atoms with E-state index in [1.165, 1.54) is 30.5 Å². The van der Waals surface area contributed by atoms with Crippen LogP contribution < -0.4 is 16.0 Å². The second-order valence-corrected chi connectivity index (χ2v) is 16.5. The van der Waals surface area contributed by atoms with Gasteiger partial charge in [-0.15, -0.1) is 24.8 Å². The van der Waals surface area contributed by atoms with Crippen molar-refractivity contribution in [3.05, 3.63) is 118 Å². The van der Waals surface area contributed by atoms with Gasteiger partial charge in [0, 0.05) is 50.9 Å². The Morgan fingerprint density at radius 3 is 1.75 bits per heavy atom. The van der Waals surface area contributed by atoms with Gasteiger partial charge in [0.15, 0.2) is 0 Å². The first-order valence-corrected chi connectivity index (χ1v) is 20.4. The average Bonchev–Trinajstić information content (AvgIpc) is 4.10. The number of nitrogens with zero attached hydrogens (tertiary/aromatic N) is 5. The van der Waals surface area contributed by atoms with Gasteiger partial charge in [-0.25, -0.2) is 33.1 Å². The largest absolute Gasteiger partial charge is 0.478 e. The lowest BCUT2D eigenvalue weighted by Gasteiger charge is -2.25. The van der Waals surface area contributed by atoms with Gasteiger partial charge in [0.05, 0.1) is 41.3 Å². The van der Waals surface area contributed by atoms with Crippen molar-refractivity contribution in [1.29, 1.82) is 0 Å². The minimum absolute atomic E-state index is 0. The van der Waals surface area contributed by atoms with Crippen molar-refractivity contribution >= 4 is 60.5 Å². The minimum atomic E-state index is -1.00. The van der Waals surface area contributed by atoms with Gasteiger partial charge in [0.2, 0.25) is 0 Å². The molecule has 2 aromatic heterocycles. The normalized spacial score (nSPS) is 23.9. The molecule has 15 nitrogen and oxygen atoms in total. The van der Waals surface area contributed by atoms with Crippen molar-refractivity contribution in [2.75, 3.05) is 63.1 Å². The lowest BCUT2D eigenvalue weighted by molar-refractivity contribution is 0.0695. The number of pyridine rings is 2. The Balaban J connectivity index is 0.000000172. The molecule has 19 heteroatoms. The van der Waals surface area contributed by atoms with Gasteiger partial charge in [-0.3, -0.25) is 9.69 Å². The molecule has 0 radical (unpaired) electrons. The number of fused-ring (bicyclic) bond motifs is 2. The van der Waals surface area contributed by atoms with E-state index in [0.717, 1.165) is 60.5 Å². The number of benzene rings is 2. The van der Waals surface area contributed by atoms with Gasteiger partial charge in [-0.2, -0.15) is 0 Å². The number of amides is 3. The van der Waals surface area contributed by atoms with Crippen molar-refractivity contribution in [2.45, 2.75) is 62.7 Å². The molecule has 4 N–H and O–H groups in total. The molecule has 6 aliphatic rings. The highest BCUT2D eigenvalue weighted by Gasteiger charge is 2.39. The molecule has 336 valence electrons. The Morgan fingerprint density at radius 1 is 0.746 bits per heavy atom. The smallest absolute Gasteiger partial charge is 0.410 e. The zero-order valence-electron chi connectivity index (χ0n) is 34.8. The third kappa shape index (κ3) is 10.1. The van der Waals surface area contributed by atoms with Crippen molar-refractivity contribution in [1.82, 2.24) is 30.0 Å². The predicted octanol–water partition coefficient (Wildman–Crippen LogP) is 6.22. The fraction of sp³-hybridized carbons (Fsp3) is 0.409. The van der Waals surface area contributed by atoms with Gasteiger partial charge in [-0.05, 0) is 91.9 Å². The first-order chi connectivity index (χ1) is 29.3. The fourth-order valence-corrected chi connectivity index (χ4v) is 8.88. The standard InChI is InChI=1S/C22H23FN4O3.C15H13FN2O2.C7H12N2O2.2ClH/c1-22(16-3-2-4-17(23)10-16)11-14-9-15(12-24-19(14)25-22)20(28)26-6-5-18(13-26)27-7-8-30-21(27)29;1-15(11-3-2-4-12(16)6-11)7-9-5-10(14(19)20)8-17-13(9)18-15;10-7-9(3-4-11-7)6-1-2-8-5-6;;/h2-4,9-10,12,18H,5-8,11,13H2,1H3,(H,24,25);2-6,8H,7H2,1H3,(H,17,18)(H,19,20);6,8H,1-5H2;2*1H/t18-,22+;15-;6-;;/m010../s1. The number of carbonyl (C=O) groups excluding carboxylic acids is 3. The highest BCUT2D eigenvalue weighted by molar-refractivity contribution is 5.95. The second kappa shape index (κ2) is 19.3. The van der Waals surface area contributed by atoms with Crippen LogP contribution in [-0.2, 0) is 33.4 Å². The SMILES string of the molecule is C[C@]1(c2cccc(F)c2)Cc2cc(C(=O)N3CC[C@H](N4CCOC4=O)C3)cnc2N1.C[C@]1(c2cccc(F)c2)Cc2cc(C(=O)O)cnc2N1.Cl.Cl.O=C1OCCN1[C@H]1CCNC1. The van der Waals surface area contributed by atoms with Crippen LogP contribution in [0.25, 0.3) is 0 Å². The monoisotopic (exact) mass is 910 g/mol. The molecule has 0 saturated carbocycles. The van der Waals surface area contributed by atoms with Crippen LogP contribution in [-0.4, -0.2) is 118 Å². The van der Waals surface area contributed by atoms with Crippen molar-refractivity contribution in [3.63, 3.8) is 0 Å². The summed E-state index contributed by atoms with van der Waals surface area (Å²) in [5.41, 5.74) is 3.16. The van der Waals surface area contributed by atoms with Gasteiger partial charge in [0.25, 0.3) is 5.91 Å². The summed E-state index contributed by atoms with van der Waals surface area (Å²) < 4.78 is 36.9.